The Morgan fingerprint density at radius 1 is 1.11 bits per heavy atom. The van der Waals surface area contributed by atoms with E-state index in [1.54, 1.807) is 0 Å². The van der Waals surface area contributed by atoms with Crippen molar-refractivity contribution < 1.29 is 0 Å². The van der Waals surface area contributed by atoms with Gasteiger partial charge in [0.05, 0.1) is 0 Å². The van der Waals surface area contributed by atoms with E-state index >= 15 is 0 Å². The van der Waals surface area contributed by atoms with E-state index < -0.39 is 0 Å². The molecule has 0 saturated heterocycles. The molecule has 0 amide bonds. The first kappa shape index (κ1) is 14.1. The molecular weight excluding hydrogens is 236 g/mol. The molecule has 4 nitrogen and oxygen atoms in total. The molecule has 1 heterocycles. The Kier molecular flexibility index (Phi) is 4.61. The van der Waals surface area contributed by atoms with Crippen LogP contribution >= 0.6 is 0 Å². The normalized spacial score (nSPS) is 17.8. The summed E-state index contributed by atoms with van der Waals surface area (Å²) >= 11 is 0. The zero-order valence-corrected chi connectivity index (χ0v) is 12.4. The van der Waals surface area contributed by atoms with Crippen LogP contribution in [0.1, 0.15) is 59.3 Å². The maximum absolute atomic E-state index is 4.55. The van der Waals surface area contributed by atoms with Crippen molar-refractivity contribution in [3.05, 3.63) is 12.3 Å². The lowest BCUT2D eigenvalue weighted by atomic mass is 10.1. The fraction of sp³-hybridized carbons (Fsp3) is 0.733. The Labute approximate surface area is 116 Å². The van der Waals surface area contributed by atoms with Gasteiger partial charge in [-0.05, 0) is 39.7 Å². The third kappa shape index (κ3) is 5.05. The number of hydrogen-bond acceptors (Lipinski definition) is 4. The molecule has 0 bridgehead atoms. The van der Waals surface area contributed by atoms with Crippen molar-refractivity contribution in [3.63, 3.8) is 0 Å². The van der Waals surface area contributed by atoms with Gasteiger partial charge in [-0.2, -0.15) is 4.98 Å². The Morgan fingerprint density at radius 3 is 2.42 bits per heavy atom. The standard InChI is InChI=1S/C15H26N4/c1-15(2,3)19-14-16-11-10-13(18-14)17-12-8-6-4-5-7-9-12/h10-12H,4-9H2,1-3H3,(H2,16,17,18,19). The number of nitrogens with zero attached hydrogens (tertiary/aromatic N) is 2. The van der Waals surface area contributed by atoms with Gasteiger partial charge < -0.3 is 10.6 Å². The Morgan fingerprint density at radius 2 is 1.79 bits per heavy atom. The number of anilines is 2. The topological polar surface area (TPSA) is 49.8 Å². The molecule has 1 aliphatic carbocycles. The average Bonchev–Trinajstić information content (AvgIpc) is 2.56. The van der Waals surface area contributed by atoms with Crippen molar-refractivity contribution in [2.75, 3.05) is 10.6 Å². The molecule has 2 N–H and O–H groups in total. The fourth-order valence-corrected chi connectivity index (χ4v) is 2.47. The SMILES string of the molecule is CC(C)(C)Nc1nccc(NC2CCCCCC2)n1. The highest BCUT2D eigenvalue weighted by Gasteiger charge is 2.14. The molecule has 0 aliphatic heterocycles. The molecule has 1 aliphatic rings. The van der Waals surface area contributed by atoms with Crippen molar-refractivity contribution in [3.8, 4) is 0 Å². The lowest BCUT2D eigenvalue weighted by Gasteiger charge is -2.21. The van der Waals surface area contributed by atoms with Crippen LogP contribution in [0.2, 0.25) is 0 Å². The highest BCUT2D eigenvalue weighted by molar-refractivity contribution is 5.41. The molecule has 0 unspecified atom stereocenters. The highest BCUT2D eigenvalue weighted by atomic mass is 15.2. The fourth-order valence-electron chi connectivity index (χ4n) is 2.47. The number of hydrogen-bond donors (Lipinski definition) is 2. The summed E-state index contributed by atoms with van der Waals surface area (Å²) in [7, 11) is 0. The first-order valence-electron chi connectivity index (χ1n) is 7.41. The molecule has 1 aromatic rings. The first-order chi connectivity index (χ1) is 9.03. The summed E-state index contributed by atoms with van der Waals surface area (Å²) in [6.45, 7) is 6.34. The smallest absolute Gasteiger partial charge is 0.224 e. The van der Waals surface area contributed by atoms with Gasteiger partial charge in [-0.1, -0.05) is 25.7 Å². The van der Waals surface area contributed by atoms with Gasteiger partial charge in [-0.15, -0.1) is 0 Å². The maximum Gasteiger partial charge on any atom is 0.224 e. The minimum atomic E-state index is -0.0130. The van der Waals surface area contributed by atoms with Crippen molar-refractivity contribution in [1.29, 1.82) is 0 Å². The molecule has 4 heteroatoms. The Balaban J connectivity index is 1.98. The minimum Gasteiger partial charge on any atom is -0.367 e. The molecule has 19 heavy (non-hydrogen) atoms. The molecule has 0 radical (unpaired) electrons. The molecule has 1 saturated carbocycles. The summed E-state index contributed by atoms with van der Waals surface area (Å²) < 4.78 is 0. The minimum absolute atomic E-state index is 0.0130. The van der Waals surface area contributed by atoms with Gasteiger partial charge >= 0.3 is 0 Å². The zero-order valence-electron chi connectivity index (χ0n) is 12.4. The van der Waals surface area contributed by atoms with Gasteiger partial charge in [-0.3, -0.25) is 0 Å². The van der Waals surface area contributed by atoms with E-state index in [0.717, 1.165) is 5.82 Å². The largest absolute Gasteiger partial charge is 0.367 e. The Hall–Kier alpha value is -1.32. The quantitative estimate of drug-likeness (QED) is 0.813. The molecule has 1 fully saturated rings. The summed E-state index contributed by atoms with van der Waals surface area (Å²) in [4.78, 5) is 8.82. The molecule has 0 spiro atoms. The predicted octanol–water partition coefficient (Wildman–Crippen LogP) is 3.82. The first-order valence-corrected chi connectivity index (χ1v) is 7.41. The second-order valence-electron chi connectivity index (χ2n) is 6.47. The molecule has 0 atom stereocenters. The van der Waals surface area contributed by atoms with Crippen molar-refractivity contribution in [1.82, 2.24) is 9.97 Å². The van der Waals surface area contributed by atoms with Crippen LogP contribution in [0.4, 0.5) is 11.8 Å². The maximum atomic E-state index is 4.55. The van der Waals surface area contributed by atoms with E-state index in [9.17, 15) is 0 Å². The Bertz CT molecular complexity index is 389. The summed E-state index contributed by atoms with van der Waals surface area (Å²) in [6, 6.07) is 2.53. The molecular formula is C15H26N4. The van der Waals surface area contributed by atoms with Gasteiger partial charge in [0.15, 0.2) is 0 Å². The second kappa shape index (κ2) is 6.22. The monoisotopic (exact) mass is 262 g/mol. The second-order valence-corrected chi connectivity index (χ2v) is 6.47. The number of rotatable bonds is 3. The van der Waals surface area contributed by atoms with E-state index in [4.69, 9.17) is 0 Å². The summed E-state index contributed by atoms with van der Waals surface area (Å²) in [5.74, 6) is 1.64. The van der Waals surface area contributed by atoms with Crippen molar-refractivity contribution in [2.45, 2.75) is 70.9 Å². The van der Waals surface area contributed by atoms with Crippen LogP contribution in [0.25, 0.3) is 0 Å². The van der Waals surface area contributed by atoms with E-state index in [1.165, 1.54) is 38.5 Å². The van der Waals surface area contributed by atoms with E-state index in [1.807, 2.05) is 12.3 Å². The zero-order chi connectivity index (χ0) is 13.7. The van der Waals surface area contributed by atoms with Crippen molar-refractivity contribution >= 4 is 11.8 Å². The van der Waals surface area contributed by atoms with Gasteiger partial charge in [0.1, 0.15) is 5.82 Å². The third-order valence-corrected chi connectivity index (χ3v) is 3.35. The molecule has 106 valence electrons. The lowest BCUT2D eigenvalue weighted by molar-refractivity contribution is 0.614. The molecule has 2 rings (SSSR count). The third-order valence-electron chi connectivity index (χ3n) is 3.35. The van der Waals surface area contributed by atoms with E-state index in [-0.39, 0.29) is 5.54 Å². The van der Waals surface area contributed by atoms with E-state index in [2.05, 4.69) is 41.4 Å². The van der Waals surface area contributed by atoms with Crippen LogP contribution in [-0.4, -0.2) is 21.5 Å². The van der Waals surface area contributed by atoms with Gasteiger partial charge in [0.25, 0.3) is 0 Å². The summed E-state index contributed by atoms with van der Waals surface area (Å²) in [5, 5.41) is 6.86. The van der Waals surface area contributed by atoms with Crippen LogP contribution in [-0.2, 0) is 0 Å². The van der Waals surface area contributed by atoms with Crippen LogP contribution in [0.5, 0.6) is 0 Å². The van der Waals surface area contributed by atoms with Crippen molar-refractivity contribution in [2.24, 2.45) is 0 Å². The number of nitrogens with one attached hydrogen (secondary N) is 2. The predicted molar refractivity (Wildman–Crippen MR) is 80.5 cm³/mol. The highest BCUT2D eigenvalue weighted by Crippen LogP contribution is 2.21. The van der Waals surface area contributed by atoms with Crippen LogP contribution < -0.4 is 10.6 Å². The summed E-state index contributed by atoms with van der Waals surface area (Å²) in [5.41, 5.74) is -0.0130. The van der Waals surface area contributed by atoms with Crippen LogP contribution in [0.15, 0.2) is 12.3 Å². The molecule has 1 aromatic heterocycles. The lowest BCUT2D eigenvalue weighted by Crippen LogP contribution is -2.27. The molecule has 0 aromatic carbocycles. The summed E-state index contributed by atoms with van der Waals surface area (Å²) in [6.07, 6.45) is 9.74. The van der Waals surface area contributed by atoms with Gasteiger partial charge in [-0.25, -0.2) is 4.98 Å². The van der Waals surface area contributed by atoms with Crippen LogP contribution in [0.3, 0.4) is 0 Å². The average molecular weight is 262 g/mol. The van der Waals surface area contributed by atoms with Gasteiger partial charge in [0, 0.05) is 17.8 Å². The van der Waals surface area contributed by atoms with Gasteiger partial charge in [0.2, 0.25) is 5.95 Å². The number of aromatic nitrogens is 2. The van der Waals surface area contributed by atoms with E-state index in [0.29, 0.717) is 12.0 Å². The van der Waals surface area contributed by atoms with Crippen LogP contribution in [0, 0.1) is 0 Å².